The van der Waals surface area contributed by atoms with E-state index in [1.54, 1.807) is 13.0 Å². The molecule has 2 rings (SSSR count). The maximum atomic E-state index is 12.6. The van der Waals surface area contributed by atoms with Gasteiger partial charge in [0.05, 0.1) is 24.3 Å². The summed E-state index contributed by atoms with van der Waals surface area (Å²) < 4.78 is 42.2. The largest absolute Gasteiger partial charge is 0.466 e. The van der Waals surface area contributed by atoms with Crippen molar-refractivity contribution in [3.8, 4) is 0 Å². The zero-order valence-corrected chi connectivity index (χ0v) is 11.9. The number of oxime groups is 1. The van der Waals surface area contributed by atoms with Crippen molar-refractivity contribution in [1.29, 1.82) is 0 Å². The van der Waals surface area contributed by atoms with Crippen LogP contribution in [-0.2, 0) is 20.5 Å². The number of esters is 1. The van der Waals surface area contributed by atoms with Crippen molar-refractivity contribution in [2.75, 3.05) is 7.11 Å². The van der Waals surface area contributed by atoms with Crippen LogP contribution in [-0.4, -0.2) is 24.9 Å². The average molecular weight is 313 g/mol. The van der Waals surface area contributed by atoms with Gasteiger partial charge in [-0.25, -0.2) is 4.79 Å². The van der Waals surface area contributed by atoms with E-state index in [1.165, 1.54) is 25.3 Å². The van der Waals surface area contributed by atoms with Gasteiger partial charge in [-0.15, -0.1) is 0 Å². The van der Waals surface area contributed by atoms with Gasteiger partial charge in [-0.2, -0.15) is 13.2 Å². The van der Waals surface area contributed by atoms with Gasteiger partial charge in [0.1, 0.15) is 6.10 Å². The highest BCUT2D eigenvalue weighted by Crippen LogP contribution is 2.30. The zero-order valence-electron chi connectivity index (χ0n) is 11.9. The Morgan fingerprint density at radius 1 is 1.32 bits per heavy atom. The summed E-state index contributed by atoms with van der Waals surface area (Å²) in [5.41, 5.74) is 0.253. The van der Waals surface area contributed by atoms with Gasteiger partial charge in [-0.05, 0) is 19.1 Å². The van der Waals surface area contributed by atoms with E-state index in [-0.39, 0.29) is 12.0 Å². The topological polar surface area (TPSA) is 47.9 Å². The van der Waals surface area contributed by atoms with Crippen molar-refractivity contribution in [3.05, 3.63) is 47.5 Å². The number of halogens is 3. The molecular formula is C15H14F3NO3. The van der Waals surface area contributed by atoms with E-state index in [4.69, 9.17) is 4.84 Å². The summed E-state index contributed by atoms with van der Waals surface area (Å²) in [5, 5.41) is 3.90. The second-order valence-electron chi connectivity index (χ2n) is 4.77. The van der Waals surface area contributed by atoms with Gasteiger partial charge < -0.3 is 9.57 Å². The lowest BCUT2D eigenvalue weighted by Gasteiger charge is -2.12. The monoisotopic (exact) mass is 313 g/mol. The SMILES string of the molecule is COC(=O)/C=C/C1C(c2ccc(C(F)(F)F)cc2)=NOC1C. The number of benzene rings is 1. The fourth-order valence-electron chi connectivity index (χ4n) is 2.06. The predicted octanol–water partition coefficient (Wildman–Crippen LogP) is 3.17. The molecule has 0 saturated heterocycles. The second kappa shape index (κ2) is 6.21. The zero-order chi connectivity index (χ0) is 16.3. The molecule has 0 aromatic heterocycles. The average Bonchev–Trinajstić information content (AvgIpc) is 2.85. The number of rotatable bonds is 3. The summed E-state index contributed by atoms with van der Waals surface area (Å²) in [6, 6.07) is 4.65. The predicted molar refractivity (Wildman–Crippen MR) is 73.2 cm³/mol. The molecule has 1 aromatic rings. The maximum Gasteiger partial charge on any atom is 0.416 e. The highest BCUT2D eigenvalue weighted by atomic mass is 19.4. The van der Waals surface area contributed by atoms with Crippen molar-refractivity contribution < 1.29 is 27.5 Å². The van der Waals surface area contributed by atoms with Crippen LogP contribution in [0.5, 0.6) is 0 Å². The Morgan fingerprint density at radius 3 is 2.50 bits per heavy atom. The molecule has 0 amide bonds. The smallest absolute Gasteiger partial charge is 0.416 e. The third-order valence-corrected chi connectivity index (χ3v) is 3.29. The molecule has 0 fully saturated rings. The van der Waals surface area contributed by atoms with E-state index in [2.05, 4.69) is 9.89 Å². The van der Waals surface area contributed by atoms with Crippen molar-refractivity contribution in [2.24, 2.45) is 11.1 Å². The van der Waals surface area contributed by atoms with Gasteiger partial charge in [0.15, 0.2) is 0 Å². The summed E-state index contributed by atoms with van der Waals surface area (Å²) in [7, 11) is 1.26. The van der Waals surface area contributed by atoms with Crippen molar-refractivity contribution in [2.45, 2.75) is 19.2 Å². The second-order valence-corrected chi connectivity index (χ2v) is 4.77. The lowest BCUT2D eigenvalue weighted by molar-refractivity contribution is -0.137. The minimum absolute atomic E-state index is 0.321. The Morgan fingerprint density at radius 2 is 1.95 bits per heavy atom. The third kappa shape index (κ3) is 3.47. The molecule has 2 unspecified atom stereocenters. The molecule has 1 aromatic carbocycles. The molecular weight excluding hydrogens is 299 g/mol. The first-order valence-electron chi connectivity index (χ1n) is 6.50. The van der Waals surface area contributed by atoms with Crippen LogP contribution in [0.2, 0.25) is 0 Å². The van der Waals surface area contributed by atoms with Crippen LogP contribution in [0.4, 0.5) is 13.2 Å². The van der Waals surface area contributed by atoms with Gasteiger partial charge in [0.25, 0.3) is 0 Å². The van der Waals surface area contributed by atoms with Gasteiger partial charge >= 0.3 is 12.1 Å². The molecule has 0 saturated carbocycles. The van der Waals surface area contributed by atoms with Crippen molar-refractivity contribution in [3.63, 3.8) is 0 Å². The van der Waals surface area contributed by atoms with Crippen molar-refractivity contribution in [1.82, 2.24) is 0 Å². The molecule has 118 valence electrons. The van der Waals surface area contributed by atoms with E-state index in [1.807, 2.05) is 0 Å². The quantitative estimate of drug-likeness (QED) is 0.636. The molecule has 0 radical (unpaired) electrons. The molecule has 0 aliphatic carbocycles. The Labute approximate surface area is 125 Å². The van der Waals surface area contributed by atoms with E-state index >= 15 is 0 Å². The summed E-state index contributed by atoms with van der Waals surface area (Å²) >= 11 is 0. The normalized spacial score (nSPS) is 21.6. The van der Waals surface area contributed by atoms with Gasteiger partial charge in [-0.3, -0.25) is 0 Å². The Bertz CT molecular complexity index is 605. The Hall–Kier alpha value is -2.31. The molecule has 0 N–H and O–H groups in total. The van der Waals surface area contributed by atoms with E-state index in [0.29, 0.717) is 11.3 Å². The van der Waals surface area contributed by atoms with Gasteiger partial charge in [-0.1, -0.05) is 23.4 Å². The number of carbonyl (C=O) groups is 1. The van der Waals surface area contributed by atoms with Crippen LogP contribution in [0.25, 0.3) is 0 Å². The van der Waals surface area contributed by atoms with E-state index in [9.17, 15) is 18.0 Å². The first-order valence-corrected chi connectivity index (χ1v) is 6.50. The maximum absolute atomic E-state index is 12.6. The minimum Gasteiger partial charge on any atom is -0.466 e. The number of carbonyl (C=O) groups excluding carboxylic acids is 1. The molecule has 1 heterocycles. The lowest BCUT2D eigenvalue weighted by Crippen LogP contribution is -2.20. The fraction of sp³-hybridized carbons (Fsp3) is 0.333. The molecule has 0 spiro atoms. The first kappa shape index (κ1) is 16.1. The van der Waals surface area contributed by atoms with E-state index in [0.717, 1.165) is 12.1 Å². The summed E-state index contributed by atoms with van der Waals surface area (Å²) in [5.74, 6) is -0.860. The molecule has 4 nitrogen and oxygen atoms in total. The molecule has 2 atom stereocenters. The third-order valence-electron chi connectivity index (χ3n) is 3.29. The number of hydrogen-bond acceptors (Lipinski definition) is 4. The van der Waals surface area contributed by atoms with Crippen LogP contribution >= 0.6 is 0 Å². The molecule has 1 aliphatic rings. The number of nitrogens with zero attached hydrogens (tertiary/aromatic N) is 1. The highest BCUT2D eigenvalue weighted by Gasteiger charge is 2.32. The van der Waals surface area contributed by atoms with Crippen molar-refractivity contribution >= 4 is 11.7 Å². The van der Waals surface area contributed by atoms with Crippen LogP contribution in [0.1, 0.15) is 18.1 Å². The number of methoxy groups -OCH3 is 1. The lowest BCUT2D eigenvalue weighted by atomic mass is 9.92. The van der Waals surface area contributed by atoms with Gasteiger partial charge in [0, 0.05) is 11.6 Å². The summed E-state index contributed by atoms with van der Waals surface area (Å²) in [4.78, 5) is 16.3. The molecule has 1 aliphatic heterocycles. The Balaban J connectivity index is 2.23. The minimum atomic E-state index is -4.38. The highest BCUT2D eigenvalue weighted by molar-refractivity contribution is 6.04. The standard InChI is InChI=1S/C15H14F3NO3/c1-9-12(7-8-13(20)21-2)14(19-22-9)10-3-5-11(6-4-10)15(16,17)18/h3-9,12H,1-2H3/b8-7+. The first-order chi connectivity index (χ1) is 10.3. The van der Waals surface area contributed by atoms with Crippen LogP contribution in [0, 0.1) is 5.92 Å². The number of ether oxygens (including phenoxy) is 1. The Kier molecular flexibility index (Phi) is 4.54. The van der Waals surface area contributed by atoms with Crippen LogP contribution in [0.3, 0.4) is 0 Å². The molecule has 7 heteroatoms. The van der Waals surface area contributed by atoms with Crippen LogP contribution < -0.4 is 0 Å². The summed E-state index contributed by atoms with van der Waals surface area (Å²) in [6.07, 6.45) is -1.89. The molecule has 22 heavy (non-hydrogen) atoms. The van der Waals surface area contributed by atoms with Crippen LogP contribution in [0.15, 0.2) is 41.6 Å². The number of hydrogen-bond donors (Lipinski definition) is 0. The summed E-state index contributed by atoms with van der Waals surface area (Å²) in [6.45, 7) is 1.76. The molecule has 0 bridgehead atoms. The van der Waals surface area contributed by atoms with Gasteiger partial charge in [0.2, 0.25) is 0 Å². The number of alkyl halides is 3. The van der Waals surface area contributed by atoms with E-state index < -0.39 is 17.7 Å². The fourth-order valence-corrected chi connectivity index (χ4v) is 2.06.